The van der Waals surface area contributed by atoms with Gasteiger partial charge in [0.15, 0.2) is 5.82 Å². The van der Waals surface area contributed by atoms with Crippen molar-refractivity contribution in [1.82, 2.24) is 25.0 Å². The molecule has 0 bridgehead atoms. The molecule has 0 spiro atoms. The molecule has 0 unspecified atom stereocenters. The van der Waals surface area contributed by atoms with E-state index in [2.05, 4.69) is 15.4 Å². The first-order valence-electron chi connectivity index (χ1n) is 7.98. The lowest BCUT2D eigenvalue weighted by molar-refractivity contribution is -0.125. The molecule has 1 N–H and O–H groups in total. The largest absolute Gasteiger partial charge is 0.381 e. The van der Waals surface area contributed by atoms with Crippen molar-refractivity contribution in [3.63, 3.8) is 0 Å². The van der Waals surface area contributed by atoms with Gasteiger partial charge in [-0.25, -0.2) is 14.5 Å². The summed E-state index contributed by atoms with van der Waals surface area (Å²) < 4.78 is 7.22. The highest BCUT2D eigenvalue weighted by Gasteiger charge is 2.32. The first kappa shape index (κ1) is 15.9. The molecular formula is C15H23N5O3. The molecule has 2 saturated heterocycles. The number of carbonyl (C=O) groups is 2. The van der Waals surface area contributed by atoms with Crippen LogP contribution in [0.25, 0.3) is 0 Å². The summed E-state index contributed by atoms with van der Waals surface area (Å²) in [7, 11) is 0. The van der Waals surface area contributed by atoms with Crippen molar-refractivity contribution < 1.29 is 14.3 Å². The van der Waals surface area contributed by atoms with Gasteiger partial charge in [0.05, 0.1) is 18.6 Å². The second-order valence-corrected chi connectivity index (χ2v) is 6.99. The van der Waals surface area contributed by atoms with Crippen molar-refractivity contribution in [2.45, 2.75) is 51.6 Å². The fraction of sp³-hybridized carbons (Fsp3) is 0.733. The van der Waals surface area contributed by atoms with Gasteiger partial charge in [-0.2, -0.15) is 5.10 Å². The van der Waals surface area contributed by atoms with Crippen LogP contribution in [-0.2, 0) is 21.6 Å². The first-order valence-corrected chi connectivity index (χ1v) is 7.98. The third kappa shape index (κ3) is 3.21. The van der Waals surface area contributed by atoms with Crippen molar-refractivity contribution in [2.24, 2.45) is 0 Å². The van der Waals surface area contributed by atoms with Crippen molar-refractivity contribution in [2.75, 3.05) is 19.8 Å². The summed E-state index contributed by atoms with van der Waals surface area (Å²) in [6, 6.07) is -0.369. The average Bonchev–Trinajstić information content (AvgIpc) is 3.07. The van der Waals surface area contributed by atoms with E-state index in [1.807, 2.05) is 25.5 Å². The summed E-state index contributed by atoms with van der Waals surface area (Å²) >= 11 is 0. The summed E-state index contributed by atoms with van der Waals surface area (Å²) in [5.74, 6) is 1.47. The Morgan fingerprint density at radius 2 is 1.96 bits per heavy atom. The van der Waals surface area contributed by atoms with E-state index in [1.54, 1.807) is 0 Å². The Hall–Kier alpha value is -1.96. The molecule has 1 aromatic rings. The number of hydrogen-bond acceptors (Lipinski definition) is 5. The molecule has 8 heteroatoms. The van der Waals surface area contributed by atoms with Crippen LogP contribution < -0.4 is 5.32 Å². The zero-order valence-electron chi connectivity index (χ0n) is 13.8. The van der Waals surface area contributed by atoms with Gasteiger partial charge in [0.2, 0.25) is 5.91 Å². The molecule has 2 fully saturated rings. The normalized spacial score (nSPS) is 20.2. The molecule has 2 aliphatic heterocycles. The second kappa shape index (κ2) is 5.92. The van der Waals surface area contributed by atoms with Crippen LogP contribution in [0, 0.1) is 0 Å². The number of imide groups is 1. The molecule has 126 valence electrons. The van der Waals surface area contributed by atoms with Crippen molar-refractivity contribution in [1.29, 1.82) is 0 Å². The van der Waals surface area contributed by atoms with Crippen LogP contribution in [0.4, 0.5) is 4.79 Å². The van der Waals surface area contributed by atoms with Gasteiger partial charge >= 0.3 is 6.03 Å². The smallest absolute Gasteiger partial charge is 0.325 e. The first-order chi connectivity index (χ1) is 10.9. The third-order valence-corrected chi connectivity index (χ3v) is 4.15. The van der Waals surface area contributed by atoms with Crippen molar-refractivity contribution in [3.05, 3.63) is 11.6 Å². The van der Waals surface area contributed by atoms with Crippen molar-refractivity contribution in [3.8, 4) is 0 Å². The maximum absolute atomic E-state index is 11.8. The standard InChI is InChI=1S/C15H23N5O3/c1-15(2,3)20-11(9-19-12(21)8-16-14(19)22)17-13(18-20)10-4-6-23-7-5-10/h10H,4-9H2,1-3H3,(H,16,22). The third-order valence-electron chi connectivity index (χ3n) is 4.15. The Morgan fingerprint density at radius 1 is 1.26 bits per heavy atom. The minimum atomic E-state index is -0.369. The highest BCUT2D eigenvalue weighted by atomic mass is 16.5. The van der Waals surface area contributed by atoms with E-state index in [0.29, 0.717) is 5.82 Å². The SMILES string of the molecule is CC(C)(C)n1nc(C2CCOCC2)nc1CN1C(=O)CNC1=O. The fourth-order valence-corrected chi connectivity index (χ4v) is 2.89. The highest BCUT2D eigenvalue weighted by Crippen LogP contribution is 2.27. The summed E-state index contributed by atoms with van der Waals surface area (Å²) in [5.41, 5.74) is -0.273. The molecular weight excluding hydrogens is 298 g/mol. The minimum Gasteiger partial charge on any atom is -0.381 e. The Morgan fingerprint density at radius 3 is 2.52 bits per heavy atom. The number of rotatable bonds is 3. The monoisotopic (exact) mass is 321 g/mol. The van der Waals surface area contributed by atoms with E-state index in [0.717, 1.165) is 31.9 Å². The summed E-state index contributed by atoms with van der Waals surface area (Å²) in [6.07, 6.45) is 1.80. The number of hydrogen-bond donors (Lipinski definition) is 1. The van der Waals surface area contributed by atoms with Gasteiger partial charge in [0.25, 0.3) is 0 Å². The number of amides is 3. The van der Waals surface area contributed by atoms with Gasteiger partial charge < -0.3 is 10.1 Å². The van der Waals surface area contributed by atoms with Crippen molar-refractivity contribution >= 4 is 11.9 Å². The van der Waals surface area contributed by atoms with Gasteiger partial charge in [0, 0.05) is 19.1 Å². The lowest BCUT2D eigenvalue weighted by Gasteiger charge is -2.23. The number of urea groups is 1. The fourth-order valence-electron chi connectivity index (χ4n) is 2.89. The molecule has 1 aromatic heterocycles. The molecule has 0 aromatic carbocycles. The summed E-state index contributed by atoms with van der Waals surface area (Å²) in [4.78, 5) is 29.5. The van der Waals surface area contributed by atoms with Gasteiger partial charge in [-0.05, 0) is 33.6 Å². The molecule has 0 atom stereocenters. The van der Waals surface area contributed by atoms with E-state index < -0.39 is 0 Å². The van der Waals surface area contributed by atoms with Crippen LogP contribution in [0.5, 0.6) is 0 Å². The molecule has 3 amide bonds. The molecule has 0 saturated carbocycles. The Bertz CT molecular complexity index is 597. The molecule has 0 aliphatic carbocycles. The van der Waals surface area contributed by atoms with Gasteiger partial charge in [0.1, 0.15) is 5.82 Å². The van der Waals surface area contributed by atoms with Crippen LogP contribution in [0.15, 0.2) is 0 Å². The molecule has 2 aliphatic rings. The van der Waals surface area contributed by atoms with Crippen LogP contribution in [0.2, 0.25) is 0 Å². The average molecular weight is 321 g/mol. The van der Waals surface area contributed by atoms with E-state index in [4.69, 9.17) is 4.74 Å². The quantitative estimate of drug-likeness (QED) is 0.838. The van der Waals surface area contributed by atoms with Crippen LogP contribution >= 0.6 is 0 Å². The zero-order chi connectivity index (χ0) is 16.6. The number of nitrogens with one attached hydrogen (secondary N) is 1. The Kier molecular flexibility index (Phi) is 4.09. The van der Waals surface area contributed by atoms with Gasteiger partial charge in [-0.15, -0.1) is 0 Å². The Labute approximate surface area is 135 Å². The van der Waals surface area contributed by atoms with Crippen LogP contribution in [0.1, 0.15) is 51.2 Å². The topological polar surface area (TPSA) is 89.3 Å². The molecule has 3 rings (SSSR count). The predicted molar refractivity (Wildman–Crippen MR) is 81.8 cm³/mol. The summed E-state index contributed by atoms with van der Waals surface area (Å²) in [6.45, 7) is 7.74. The summed E-state index contributed by atoms with van der Waals surface area (Å²) in [5, 5.41) is 7.21. The van der Waals surface area contributed by atoms with E-state index in [9.17, 15) is 9.59 Å². The molecule has 3 heterocycles. The van der Waals surface area contributed by atoms with E-state index in [-0.39, 0.29) is 36.5 Å². The molecule has 23 heavy (non-hydrogen) atoms. The highest BCUT2D eigenvalue weighted by molar-refractivity contribution is 6.01. The minimum absolute atomic E-state index is 0.0509. The Balaban J connectivity index is 1.89. The second-order valence-electron chi connectivity index (χ2n) is 6.99. The maximum Gasteiger partial charge on any atom is 0.325 e. The number of carbonyl (C=O) groups excluding carboxylic acids is 2. The van der Waals surface area contributed by atoms with Crippen LogP contribution in [-0.4, -0.2) is 51.4 Å². The molecule has 0 radical (unpaired) electrons. The predicted octanol–water partition coefficient (Wildman–Crippen LogP) is 0.979. The lowest BCUT2D eigenvalue weighted by Crippen LogP contribution is -2.34. The van der Waals surface area contributed by atoms with Gasteiger partial charge in [-0.1, -0.05) is 0 Å². The molecule has 8 nitrogen and oxygen atoms in total. The number of nitrogens with zero attached hydrogens (tertiary/aromatic N) is 4. The van der Waals surface area contributed by atoms with Crippen LogP contribution in [0.3, 0.4) is 0 Å². The number of ether oxygens (including phenoxy) is 1. The van der Waals surface area contributed by atoms with Gasteiger partial charge in [-0.3, -0.25) is 9.69 Å². The number of aromatic nitrogens is 3. The maximum atomic E-state index is 11.8. The van der Waals surface area contributed by atoms with E-state index >= 15 is 0 Å². The zero-order valence-corrected chi connectivity index (χ0v) is 13.8. The van der Waals surface area contributed by atoms with E-state index in [1.165, 1.54) is 4.90 Å². The lowest BCUT2D eigenvalue weighted by atomic mass is 10.00.